The van der Waals surface area contributed by atoms with Crippen molar-refractivity contribution in [3.8, 4) is 0 Å². The van der Waals surface area contributed by atoms with Gasteiger partial charge in [0.1, 0.15) is 0 Å². The summed E-state index contributed by atoms with van der Waals surface area (Å²) in [7, 11) is -4.23. The number of hydrogen-bond donors (Lipinski definition) is 1. The summed E-state index contributed by atoms with van der Waals surface area (Å²) in [6.45, 7) is 0. The molecule has 0 aliphatic rings. The van der Waals surface area contributed by atoms with Crippen molar-refractivity contribution in [3.05, 3.63) is 54.1 Å². The first-order chi connectivity index (χ1) is 9.86. The fourth-order valence-corrected chi connectivity index (χ4v) is 1.94. The van der Waals surface area contributed by atoms with E-state index in [-0.39, 0.29) is 10.5 Å². The predicted molar refractivity (Wildman–Crippen MR) is 71.2 cm³/mol. The normalized spacial score (nSPS) is 11.7. The lowest BCUT2D eigenvalue weighted by molar-refractivity contribution is -0.255. The average Bonchev–Trinajstić information content (AvgIpc) is 2.45. The molecule has 0 saturated carbocycles. The van der Waals surface area contributed by atoms with Gasteiger partial charge in [-0.1, -0.05) is 12.1 Å². The van der Waals surface area contributed by atoms with Crippen LogP contribution in [0.1, 0.15) is 10.4 Å². The van der Waals surface area contributed by atoms with Crippen molar-refractivity contribution in [2.45, 2.75) is 4.90 Å². The third-order valence-electron chi connectivity index (χ3n) is 2.52. The van der Waals surface area contributed by atoms with Gasteiger partial charge in [-0.3, -0.25) is 4.55 Å². The van der Waals surface area contributed by atoms with Crippen LogP contribution in [-0.2, 0) is 10.1 Å². The van der Waals surface area contributed by atoms with Gasteiger partial charge < -0.3 is 9.90 Å². The highest BCUT2D eigenvalue weighted by Crippen LogP contribution is 2.20. The molecule has 0 spiro atoms. The van der Waals surface area contributed by atoms with Gasteiger partial charge in [0, 0.05) is 0 Å². The number of nitrogens with zero attached hydrogens (tertiary/aromatic N) is 2. The zero-order valence-electron chi connectivity index (χ0n) is 10.5. The predicted octanol–water partition coefficient (Wildman–Crippen LogP) is 1.71. The van der Waals surface area contributed by atoms with E-state index in [9.17, 15) is 18.3 Å². The molecule has 0 fully saturated rings. The quantitative estimate of drug-likeness (QED) is 0.681. The number of carboxylic acids is 1. The van der Waals surface area contributed by atoms with Crippen molar-refractivity contribution in [1.29, 1.82) is 0 Å². The molecule has 1 N–H and O–H groups in total. The van der Waals surface area contributed by atoms with Crippen LogP contribution in [0.5, 0.6) is 0 Å². The van der Waals surface area contributed by atoms with Gasteiger partial charge in [0.05, 0.1) is 22.2 Å². The van der Waals surface area contributed by atoms with Gasteiger partial charge >= 0.3 is 0 Å². The molecule has 2 rings (SSSR count). The van der Waals surface area contributed by atoms with E-state index >= 15 is 0 Å². The first-order valence-corrected chi connectivity index (χ1v) is 7.11. The van der Waals surface area contributed by atoms with E-state index in [2.05, 4.69) is 10.2 Å². The summed E-state index contributed by atoms with van der Waals surface area (Å²) in [5, 5.41) is 18.3. The molecular formula is C13H9N2O5S-. The standard InChI is InChI=1S/C13H10N2O5S/c16-13(17)9-1-3-10(4-2-9)14-15-11-5-7-12(8-6-11)21(18,19)20/h1-8H,(H,16,17)(H,18,19,20)/p-1. The number of carbonyl (C=O) groups is 1. The second-order valence-electron chi connectivity index (χ2n) is 4.00. The summed E-state index contributed by atoms with van der Waals surface area (Å²) in [5.74, 6) is -1.28. The largest absolute Gasteiger partial charge is 0.545 e. The monoisotopic (exact) mass is 305 g/mol. The van der Waals surface area contributed by atoms with Gasteiger partial charge in [-0.25, -0.2) is 0 Å². The van der Waals surface area contributed by atoms with Crippen molar-refractivity contribution in [1.82, 2.24) is 0 Å². The van der Waals surface area contributed by atoms with Crippen LogP contribution in [0.25, 0.3) is 0 Å². The molecule has 0 aliphatic carbocycles. The fraction of sp³-hybridized carbons (Fsp3) is 0. The van der Waals surface area contributed by atoms with Crippen LogP contribution in [0.4, 0.5) is 11.4 Å². The highest BCUT2D eigenvalue weighted by atomic mass is 32.2. The Labute approximate surface area is 120 Å². The van der Waals surface area contributed by atoms with Gasteiger partial charge in [0.2, 0.25) is 0 Å². The molecule has 0 atom stereocenters. The lowest BCUT2D eigenvalue weighted by atomic mass is 10.2. The van der Waals surface area contributed by atoms with Crippen molar-refractivity contribution >= 4 is 27.5 Å². The minimum Gasteiger partial charge on any atom is -0.545 e. The topological polar surface area (TPSA) is 119 Å². The van der Waals surface area contributed by atoms with E-state index in [0.29, 0.717) is 11.4 Å². The maximum atomic E-state index is 10.9. The number of aromatic carboxylic acids is 1. The molecule has 0 unspecified atom stereocenters. The molecule has 21 heavy (non-hydrogen) atoms. The summed E-state index contributed by atoms with van der Waals surface area (Å²) in [4.78, 5) is 10.3. The van der Waals surface area contributed by atoms with Gasteiger partial charge in [-0.15, -0.1) is 0 Å². The highest BCUT2D eigenvalue weighted by molar-refractivity contribution is 7.85. The molecule has 0 heterocycles. The molecule has 0 saturated heterocycles. The smallest absolute Gasteiger partial charge is 0.294 e. The number of carbonyl (C=O) groups excluding carboxylic acids is 1. The van der Waals surface area contributed by atoms with Crippen LogP contribution in [-0.4, -0.2) is 18.9 Å². The Morgan fingerprint density at radius 3 is 1.71 bits per heavy atom. The van der Waals surface area contributed by atoms with Gasteiger partial charge in [-0.2, -0.15) is 18.6 Å². The Bertz CT molecular complexity index is 780. The average molecular weight is 305 g/mol. The molecule has 0 radical (unpaired) electrons. The lowest BCUT2D eigenvalue weighted by Crippen LogP contribution is -2.21. The number of hydrogen-bond acceptors (Lipinski definition) is 6. The second kappa shape index (κ2) is 5.81. The minimum absolute atomic E-state index is 0.0338. The SMILES string of the molecule is O=C([O-])c1ccc(N=Nc2ccc(S(=O)(=O)O)cc2)cc1. The van der Waals surface area contributed by atoms with Gasteiger partial charge in [-0.05, 0) is 42.0 Å². The molecule has 2 aromatic carbocycles. The third kappa shape index (κ3) is 3.94. The summed E-state index contributed by atoms with van der Waals surface area (Å²) in [6.07, 6.45) is 0. The summed E-state index contributed by atoms with van der Waals surface area (Å²) in [6, 6.07) is 10.7. The van der Waals surface area contributed by atoms with Crippen LogP contribution in [0.15, 0.2) is 63.7 Å². The number of carboxylic acid groups (broad SMARTS) is 1. The van der Waals surface area contributed by atoms with Crippen LogP contribution >= 0.6 is 0 Å². The number of benzene rings is 2. The van der Waals surface area contributed by atoms with Crippen LogP contribution in [0, 0.1) is 0 Å². The second-order valence-corrected chi connectivity index (χ2v) is 5.42. The van der Waals surface area contributed by atoms with E-state index < -0.39 is 16.1 Å². The van der Waals surface area contributed by atoms with Crippen molar-refractivity contribution in [2.24, 2.45) is 10.2 Å². The maximum absolute atomic E-state index is 10.9. The lowest BCUT2D eigenvalue weighted by Gasteiger charge is -2.01. The number of rotatable bonds is 4. The van der Waals surface area contributed by atoms with Crippen molar-refractivity contribution in [2.75, 3.05) is 0 Å². The summed E-state index contributed by atoms with van der Waals surface area (Å²) in [5.41, 5.74) is 0.844. The van der Waals surface area contributed by atoms with Crippen molar-refractivity contribution < 1.29 is 22.9 Å². The molecular weight excluding hydrogens is 296 g/mol. The Hall–Kier alpha value is -2.58. The van der Waals surface area contributed by atoms with E-state index in [0.717, 1.165) is 0 Å². The minimum atomic E-state index is -4.23. The Morgan fingerprint density at radius 1 is 0.905 bits per heavy atom. The molecule has 7 nitrogen and oxygen atoms in total. The maximum Gasteiger partial charge on any atom is 0.294 e. The van der Waals surface area contributed by atoms with Crippen LogP contribution < -0.4 is 5.11 Å². The molecule has 0 amide bonds. The van der Waals surface area contributed by atoms with E-state index in [1.807, 2.05) is 0 Å². The van der Waals surface area contributed by atoms with Gasteiger partial charge in [0.15, 0.2) is 0 Å². The zero-order chi connectivity index (χ0) is 15.5. The van der Waals surface area contributed by atoms with Crippen LogP contribution in [0.2, 0.25) is 0 Å². The van der Waals surface area contributed by atoms with E-state index in [1.165, 1.54) is 48.5 Å². The molecule has 0 aliphatic heterocycles. The molecule has 0 aromatic heterocycles. The summed E-state index contributed by atoms with van der Waals surface area (Å²) < 4.78 is 30.5. The Balaban J connectivity index is 2.15. The zero-order valence-corrected chi connectivity index (χ0v) is 11.3. The fourth-order valence-electron chi connectivity index (χ4n) is 1.46. The highest BCUT2D eigenvalue weighted by Gasteiger charge is 2.07. The van der Waals surface area contributed by atoms with E-state index in [4.69, 9.17) is 4.55 Å². The first kappa shape index (κ1) is 14.8. The molecule has 2 aromatic rings. The molecule has 108 valence electrons. The summed E-state index contributed by atoms with van der Waals surface area (Å²) >= 11 is 0. The van der Waals surface area contributed by atoms with Crippen LogP contribution in [0.3, 0.4) is 0 Å². The van der Waals surface area contributed by atoms with Crippen molar-refractivity contribution in [3.63, 3.8) is 0 Å². The third-order valence-corrected chi connectivity index (χ3v) is 3.39. The first-order valence-electron chi connectivity index (χ1n) is 5.67. The van der Waals surface area contributed by atoms with Gasteiger partial charge in [0.25, 0.3) is 10.1 Å². The van der Waals surface area contributed by atoms with E-state index in [1.54, 1.807) is 0 Å². The Morgan fingerprint density at radius 2 is 1.33 bits per heavy atom. The number of azo groups is 1. The molecule has 8 heteroatoms. The molecule has 0 bridgehead atoms. The Kier molecular flexibility index (Phi) is 4.10.